The van der Waals surface area contributed by atoms with Gasteiger partial charge in [0.05, 0.1) is 5.69 Å². The van der Waals surface area contributed by atoms with Crippen molar-refractivity contribution < 1.29 is 9.53 Å². The van der Waals surface area contributed by atoms with Gasteiger partial charge in [-0.15, -0.1) is 0 Å². The minimum atomic E-state index is 0.0857. The first-order chi connectivity index (χ1) is 16.5. The summed E-state index contributed by atoms with van der Waals surface area (Å²) < 4.78 is 5.86. The van der Waals surface area contributed by atoms with Gasteiger partial charge >= 0.3 is 12.0 Å². The third-order valence-corrected chi connectivity index (χ3v) is 5.96. The monoisotopic (exact) mass is 457 g/mol. The second-order valence-electron chi connectivity index (χ2n) is 8.61. The van der Waals surface area contributed by atoms with E-state index in [-0.39, 0.29) is 6.03 Å². The van der Waals surface area contributed by atoms with Gasteiger partial charge in [-0.1, -0.05) is 18.2 Å². The molecule has 0 aliphatic carbocycles. The largest absolute Gasteiger partial charge is 0.424 e. The van der Waals surface area contributed by atoms with Gasteiger partial charge in [-0.05, 0) is 40.6 Å². The highest BCUT2D eigenvalue weighted by Gasteiger charge is 2.22. The third kappa shape index (κ3) is 4.84. The Morgan fingerprint density at radius 2 is 1.74 bits per heavy atom. The number of urea groups is 1. The van der Waals surface area contributed by atoms with Gasteiger partial charge in [-0.2, -0.15) is 5.10 Å². The quantitative estimate of drug-likeness (QED) is 0.492. The van der Waals surface area contributed by atoms with Crippen molar-refractivity contribution in [2.75, 3.05) is 40.3 Å². The Balaban J connectivity index is 1.21. The fourth-order valence-electron chi connectivity index (χ4n) is 4.10. The lowest BCUT2D eigenvalue weighted by Crippen LogP contribution is -2.51. The summed E-state index contributed by atoms with van der Waals surface area (Å²) in [5, 5.41) is 9.08. The van der Waals surface area contributed by atoms with Crippen molar-refractivity contribution in [1.29, 1.82) is 0 Å². The molecule has 34 heavy (non-hydrogen) atoms. The van der Waals surface area contributed by atoms with Crippen molar-refractivity contribution in [3.63, 3.8) is 0 Å². The number of rotatable bonds is 5. The molecule has 1 N–H and O–H groups in total. The molecule has 3 heterocycles. The zero-order valence-electron chi connectivity index (χ0n) is 19.3. The maximum atomic E-state index is 12.1. The number of carbonyl (C=O) groups is 1. The average molecular weight is 458 g/mol. The molecule has 4 aromatic rings. The Labute approximate surface area is 198 Å². The Morgan fingerprint density at radius 1 is 1.00 bits per heavy atom. The number of nitrogens with one attached hydrogen (secondary N) is 1. The number of aromatic amines is 1. The molecule has 2 amide bonds. The number of aromatic nitrogens is 4. The van der Waals surface area contributed by atoms with E-state index < -0.39 is 0 Å². The van der Waals surface area contributed by atoms with E-state index in [4.69, 9.17) is 4.74 Å². The van der Waals surface area contributed by atoms with Gasteiger partial charge in [0.25, 0.3) is 0 Å². The maximum Gasteiger partial charge on any atom is 0.321 e. The van der Waals surface area contributed by atoms with Gasteiger partial charge < -0.3 is 14.5 Å². The molecule has 1 aliphatic heterocycles. The van der Waals surface area contributed by atoms with E-state index in [0.717, 1.165) is 54.8 Å². The smallest absolute Gasteiger partial charge is 0.321 e. The van der Waals surface area contributed by atoms with Crippen LogP contribution in [0.4, 0.5) is 4.79 Å². The Morgan fingerprint density at radius 3 is 2.44 bits per heavy atom. The van der Waals surface area contributed by atoms with Gasteiger partial charge in [-0.25, -0.2) is 14.8 Å². The summed E-state index contributed by atoms with van der Waals surface area (Å²) in [5.74, 6) is 0.691. The van der Waals surface area contributed by atoms with Crippen molar-refractivity contribution in [3.05, 3.63) is 66.6 Å². The number of fused-ring (bicyclic) bond motifs is 1. The number of piperazine rings is 1. The molecular formula is C25H27N7O2. The molecule has 9 nitrogen and oxygen atoms in total. The van der Waals surface area contributed by atoms with Crippen LogP contribution in [0.5, 0.6) is 11.8 Å². The minimum absolute atomic E-state index is 0.0857. The summed E-state index contributed by atoms with van der Waals surface area (Å²) in [7, 11) is 3.59. The molecule has 174 valence electrons. The molecule has 2 aromatic carbocycles. The molecule has 0 bridgehead atoms. The maximum absolute atomic E-state index is 12.1. The molecular weight excluding hydrogens is 430 g/mol. The van der Waals surface area contributed by atoms with E-state index in [9.17, 15) is 4.79 Å². The highest BCUT2D eigenvalue weighted by molar-refractivity contribution is 5.84. The zero-order chi connectivity index (χ0) is 23.5. The Hall–Kier alpha value is -3.98. The number of hydrogen-bond acceptors (Lipinski definition) is 6. The van der Waals surface area contributed by atoms with E-state index >= 15 is 0 Å². The van der Waals surface area contributed by atoms with Gasteiger partial charge in [-0.3, -0.25) is 10.00 Å². The molecule has 0 saturated carbocycles. The van der Waals surface area contributed by atoms with Crippen LogP contribution in [-0.4, -0.2) is 81.2 Å². The van der Waals surface area contributed by atoms with Crippen LogP contribution < -0.4 is 4.74 Å². The molecule has 1 fully saturated rings. The fraction of sp³-hybridized carbons (Fsp3) is 0.280. The van der Waals surface area contributed by atoms with E-state index in [2.05, 4.69) is 49.3 Å². The molecule has 0 radical (unpaired) electrons. The SMILES string of the molecule is CN(C)C(=O)N1CCN(Cc2ccc3cc(Oc4ncc(-c5ccn[nH]5)cn4)ccc3c2)CC1. The van der Waals surface area contributed by atoms with Crippen molar-refractivity contribution in [2.45, 2.75) is 6.54 Å². The summed E-state index contributed by atoms with van der Waals surface area (Å²) in [6.07, 6.45) is 5.10. The van der Waals surface area contributed by atoms with Crippen molar-refractivity contribution in [1.82, 2.24) is 34.9 Å². The van der Waals surface area contributed by atoms with E-state index in [1.54, 1.807) is 37.6 Å². The molecule has 1 saturated heterocycles. The van der Waals surface area contributed by atoms with Crippen LogP contribution in [0.25, 0.3) is 22.0 Å². The van der Waals surface area contributed by atoms with E-state index in [1.165, 1.54) is 5.56 Å². The minimum Gasteiger partial charge on any atom is -0.424 e. The molecule has 5 rings (SSSR count). The lowest BCUT2D eigenvalue weighted by Gasteiger charge is -2.36. The lowest BCUT2D eigenvalue weighted by atomic mass is 10.1. The molecule has 0 atom stereocenters. The number of amides is 2. The van der Waals surface area contributed by atoms with Gasteiger partial charge in [0.1, 0.15) is 5.75 Å². The first-order valence-electron chi connectivity index (χ1n) is 11.3. The standard InChI is InChI=1S/C25H27N7O2/c1-30(2)25(33)32-11-9-31(10-12-32)17-18-3-4-20-14-22(6-5-19(20)13-18)34-24-26-15-21(16-27-24)23-7-8-28-29-23/h3-8,13-16H,9-12,17H2,1-2H3,(H,28,29). The number of benzene rings is 2. The van der Waals surface area contributed by atoms with E-state index in [1.807, 2.05) is 23.1 Å². The van der Waals surface area contributed by atoms with Crippen LogP contribution >= 0.6 is 0 Å². The average Bonchev–Trinajstić information content (AvgIpc) is 3.40. The van der Waals surface area contributed by atoms with Crippen LogP contribution in [0.15, 0.2) is 61.1 Å². The number of nitrogens with zero attached hydrogens (tertiary/aromatic N) is 6. The number of ether oxygens (including phenoxy) is 1. The molecule has 0 spiro atoms. The lowest BCUT2D eigenvalue weighted by molar-refractivity contribution is 0.120. The van der Waals surface area contributed by atoms with E-state index in [0.29, 0.717) is 11.8 Å². The molecule has 2 aromatic heterocycles. The zero-order valence-corrected chi connectivity index (χ0v) is 19.3. The predicted molar refractivity (Wildman–Crippen MR) is 130 cm³/mol. The molecule has 9 heteroatoms. The summed E-state index contributed by atoms with van der Waals surface area (Å²) in [6, 6.07) is 14.7. The predicted octanol–water partition coefficient (Wildman–Crippen LogP) is 3.61. The second kappa shape index (κ2) is 9.48. The van der Waals surface area contributed by atoms with Crippen LogP contribution in [0.1, 0.15) is 5.56 Å². The summed E-state index contributed by atoms with van der Waals surface area (Å²) in [6.45, 7) is 4.15. The second-order valence-corrected chi connectivity index (χ2v) is 8.61. The van der Waals surface area contributed by atoms with Crippen LogP contribution in [0.2, 0.25) is 0 Å². The van der Waals surface area contributed by atoms with Gasteiger partial charge in [0.15, 0.2) is 0 Å². The van der Waals surface area contributed by atoms with Gasteiger partial charge in [0.2, 0.25) is 0 Å². The van der Waals surface area contributed by atoms with Crippen LogP contribution in [0.3, 0.4) is 0 Å². The van der Waals surface area contributed by atoms with Crippen molar-refractivity contribution in [2.24, 2.45) is 0 Å². The van der Waals surface area contributed by atoms with Crippen LogP contribution in [-0.2, 0) is 6.54 Å². The van der Waals surface area contributed by atoms with Crippen molar-refractivity contribution >= 4 is 16.8 Å². The van der Waals surface area contributed by atoms with Crippen molar-refractivity contribution in [3.8, 4) is 23.0 Å². The summed E-state index contributed by atoms with van der Waals surface area (Å²) >= 11 is 0. The highest BCUT2D eigenvalue weighted by atomic mass is 16.5. The first kappa shape index (κ1) is 21.8. The topological polar surface area (TPSA) is 90.5 Å². The third-order valence-electron chi connectivity index (χ3n) is 5.96. The normalized spacial score (nSPS) is 14.4. The van der Waals surface area contributed by atoms with Gasteiger partial charge in [0, 0.05) is 71.0 Å². The fourth-order valence-corrected chi connectivity index (χ4v) is 4.10. The Kier molecular flexibility index (Phi) is 6.09. The first-order valence-corrected chi connectivity index (χ1v) is 11.3. The summed E-state index contributed by atoms with van der Waals surface area (Å²) in [5.41, 5.74) is 2.96. The Bertz CT molecular complexity index is 1260. The number of carbonyl (C=O) groups excluding carboxylic acids is 1. The molecule has 0 unspecified atom stereocenters. The highest BCUT2D eigenvalue weighted by Crippen LogP contribution is 2.26. The van der Waals surface area contributed by atoms with Crippen LogP contribution in [0, 0.1) is 0 Å². The summed E-state index contributed by atoms with van der Waals surface area (Å²) in [4.78, 5) is 26.7. The number of H-pyrrole nitrogens is 1. The molecule has 1 aliphatic rings. The number of hydrogen-bond donors (Lipinski definition) is 1.